The largest absolute Gasteiger partial charge is 0.383 e. The molecule has 27 heavy (non-hydrogen) atoms. The number of nitrogens with zero attached hydrogens (tertiary/aromatic N) is 3. The van der Waals surface area contributed by atoms with Gasteiger partial charge in [-0.15, -0.1) is 0 Å². The van der Waals surface area contributed by atoms with Gasteiger partial charge in [0.2, 0.25) is 5.91 Å². The van der Waals surface area contributed by atoms with E-state index in [1.807, 2.05) is 6.07 Å². The maximum atomic E-state index is 12.7. The Hall–Kier alpha value is -2.56. The van der Waals surface area contributed by atoms with Crippen LogP contribution in [0.1, 0.15) is 38.3 Å². The van der Waals surface area contributed by atoms with E-state index in [2.05, 4.69) is 33.6 Å². The molecule has 0 radical (unpaired) electrons. The molecule has 0 aliphatic carbocycles. The monoisotopic (exact) mass is 367 g/mol. The van der Waals surface area contributed by atoms with Crippen molar-refractivity contribution < 1.29 is 9.90 Å². The number of carbonyl (C=O) groups is 1. The molecular weight excluding hydrogens is 342 g/mol. The van der Waals surface area contributed by atoms with Crippen LogP contribution in [0.4, 0.5) is 0 Å². The van der Waals surface area contributed by atoms with Crippen molar-refractivity contribution in [2.24, 2.45) is 11.8 Å². The Morgan fingerprint density at radius 2 is 2.07 bits per heavy atom. The summed E-state index contributed by atoms with van der Waals surface area (Å²) in [5.74, 6) is -0.270. The SMILES string of the molecule is CC(C)[C@H](O)C(=O)N[C@]1(c2ccc(C#N)c3nccnc23)CNC[C@@H](C)C1. The van der Waals surface area contributed by atoms with Crippen LogP contribution in [-0.2, 0) is 10.3 Å². The molecule has 1 aliphatic heterocycles. The number of amides is 1. The van der Waals surface area contributed by atoms with Gasteiger partial charge in [0.25, 0.3) is 0 Å². The predicted octanol–water partition coefficient (Wildman–Crippen LogP) is 1.46. The highest BCUT2D eigenvalue weighted by atomic mass is 16.3. The summed E-state index contributed by atoms with van der Waals surface area (Å²) in [6.45, 7) is 7.10. The first kappa shape index (κ1) is 19.2. The number of hydrogen-bond acceptors (Lipinski definition) is 6. The van der Waals surface area contributed by atoms with E-state index < -0.39 is 17.6 Å². The van der Waals surface area contributed by atoms with Crippen molar-refractivity contribution in [3.8, 4) is 6.07 Å². The fourth-order valence-corrected chi connectivity index (χ4v) is 3.78. The van der Waals surface area contributed by atoms with Gasteiger partial charge in [0.05, 0.1) is 16.6 Å². The molecule has 1 saturated heterocycles. The van der Waals surface area contributed by atoms with Crippen LogP contribution in [-0.4, -0.2) is 40.2 Å². The van der Waals surface area contributed by atoms with Gasteiger partial charge in [0.1, 0.15) is 17.7 Å². The van der Waals surface area contributed by atoms with Crippen molar-refractivity contribution in [2.45, 2.75) is 38.8 Å². The molecule has 0 bridgehead atoms. The Morgan fingerprint density at radius 3 is 2.70 bits per heavy atom. The van der Waals surface area contributed by atoms with E-state index in [9.17, 15) is 15.2 Å². The average Bonchev–Trinajstić information content (AvgIpc) is 2.66. The normalized spacial score (nSPS) is 23.8. The lowest BCUT2D eigenvalue weighted by Crippen LogP contribution is -2.59. The Labute approximate surface area is 158 Å². The lowest BCUT2D eigenvalue weighted by atomic mass is 9.77. The summed E-state index contributed by atoms with van der Waals surface area (Å²) < 4.78 is 0. The minimum atomic E-state index is -1.09. The summed E-state index contributed by atoms with van der Waals surface area (Å²) in [5.41, 5.74) is 1.66. The van der Waals surface area contributed by atoms with E-state index in [0.717, 1.165) is 12.1 Å². The Bertz CT molecular complexity index is 892. The van der Waals surface area contributed by atoms with Crippen molar-refractivity contribution in [1.29, 1.82) is 5.26 Å². The Balaban J connectivity index is 2.14. The first-order valence-electron chi connectivity index (χ1n) is 9.23. The van der Waals surface area contributed by atoms with Crippen LogP contribution in [0.5, 0.6) is 0 Å². The van der Waals surface area contributed by atoms with Crippen molar-refractivity contribution in [2.75, 3.05) is 13.1 Å². The fraction of sp³-hybridized carbons (Fsp3) is 0.500. The smallest absolute Gasteiger partial charge is 0.249 e. The summed E-state index contributed by atoms with van der Waals surface area (Å²) in [4.78, 5) is 21.5. The predicted molar refractivity (Wildman–Crippen MR) is 102 cm³/mol. The van der Waals surface area contributed by atoms with Gasteiger partial charge < -0.3 is 15.7 Å². The van der Waals surface area contributed by atoms with Gasteiger partial charge >= 0.3 is 0 Å². The zero-order valence-corrected chi connectivity index (χ0v) is 15.9. The van der Waals surface area contributed by atoms with E-state index >= 15 is 0 Å². The number of aliphatic hydroxyl groups is 1. The van der Waals surface area contributed by atoms with Gasteiger partial charge in [-0.1, -0.05) is 26.8 Å². The highest BCUT2D eigenvalue weighted by Gasteiger charge is 2.41. The molecule has 142 valence electrons. The average molecular weight is 367 g/mol. The van der Waals surface area contributed by atoms with Gasteiger partial charge in [-0.05, 0) is 30.9 Å². The van der Waals surface area contributed by atoms with Crippen molar-refractivity contribution in [3.63, 3.8) is 0 Å². The molecular formula is C20H25N5O2. The molecule has 7 nitrogen and oxygen atoms in total. The number of aromatic nitrogens is 2. The van der Waals surface area contributed by atoms with E-state index in [0.29, 0.717) is 35.5 Å². The molecule has 1 amide bonds. The van der Waals surface area contributed by atoms with Gasteiger partial charge in [-0.25, -0.2) is 0 Å². The highest BCUT2D eigenvalue weighted by Crippen LogP contribution is 2.35. The molecule has 2 aromatic rings. The van der Waals surface area contributed by atoms with Gasteiger partial charge in [0.15, 0.2) is 0 Å². The van der Waals surface area contributed by atoms with Gasteiger partial charge in [0, 0.05) is 24.5 Å². The topological polar surface area (TPSA) is 111 Å². The molecule has 3 rings (SSSR count). The van der Waals surface area contributed by atoms with E-state index in [4.69, 9.17) is 0 Å². The van der Waals surface area contributed by atoms with Crippen LogP contribution in [0.2, 0.25) is 0 Å². The number of rotatable bonds is 4. The molecule has 1 aliphatic rings. The standard InChI is InChI=1S/C20H25N5O2/c1-12(2)18(26)19(27)25-20(8-13(3)10-22-11-20)15-5-4-14(9-21)16-17(15)24-7-6-23-16/h4-7,12-13,18,22,26H,8,10-11H2,1-3H3,(H,25,27)/t13-,18-,20-/m0/s1. The number of benzene rings is 1. The van der Waals surface area contributed by atoms with Crippen LogP contribution in [0.3, 0.4) is 0 Å². The summed E-state index contributed by atoms with van der Waals surface area (Å²) in [7, 11) is 0. The second-order valence-electron chi connectivity index (χ2n) is 7.73. The number of fused-ring (bicyclic) bond motifs is 1. The van der Waals surface area contributed by atoms with E-state index in [-0.39, 0.29) is 5.92 Å². The molecule has 1 aromatic heterocycles. The number of nitriles is 1. The van der Waals surface area contributed by atoms with Gasteiger partial charge in [-0.2, -0.15) is 5.26 Å². The zero-order chi connectivity index (χ0) is 19.6. The highest BCUT2D eigenvalue weighted by molar-refractivity contribution is 5.86. The first-order chi connectivity index (χ1) is 12.9. The number of hydrogen-bond donors (Lipinski definition) is 3. The third-order valence-corrected chi connectivity index (χ3v) is 5.14. The van der Waals surface area contributed by atoms with Crippen LogP contribution >= 0.6 is 0 Å². The van der Waals surface area contributed by atoms with Crippen molar-refractivity contribution in [1.82, 2.24) is 20.6 Å². The van der Waals surface area contributed by atoms with Crippen LogP contribution in [0.25, 0.3) is 11.0 Å². The number of carbonyl (C=O) groups excluding carboxylic acids is 1. The van der Waals surface area contributed by atoms with Crippen LogP contribution in [0.15, 0.2) is 24.5 Å². The minimum absolute atomic E-state index is 0.187. The van der Waals surface area contributed by atoms with E-state index in [1.54, 1.807) is 32.3 Å². The molecule has 0 spiro atoms. The van der Waals surface area contributed by atoms with Crippen molar-refractivity contribution >= 4 is 16.9 Å². The lowest BCUT2D eigenvalue weighted by molar-refractivity contribution is -0.134. The molecule has 1 aromatic carbocycles. The zero-order valence-electron chi connectivity index (χ0n) is 15.9. The maximum absolute atomic E-state index is 12.7. The second-order valence-corrected chi connectivity index (χ2v) is 7.73. The summed E-state index contributed by atoms with van der Waals surface area (Å²) >= 11 is 0. The Morgan fingerprint density at radius 1 is 1.37 bits per heavy atom. The van der Waals surface area contributed by atoms with Gasteiger partial charge in [-0.3, -0.25) is 14.8 Å². The summed E-state index contributed by atoms with van der Waals surface area (Å²) in [5, 5.41) is 26.1. The number of aliphatic hydroxyl groups excluding tert-OH is 1. The molecule has 1 fully saturated rings. The van der Waals surface area contributed by atoms with E-state index in [1.165, 1.54) is 0 Å². The minimum Gasteiger partial charge on any atom is -0.383 e. The molecule has 3 N–H and O–H groups in total. The molecule has 3 atom stereocenters. The Kier molecular flexibility index (Phi) is 5.40. The summed E-state index contributed by atoms with van der Waals surface area (Å²) in [6.07, 6.45) is 2.76. The van der Waals surface area contributed by atoms with Crippen LogP contribution < -0.4 is 10.6 Å². The summed E-state index contributed by atoms with van der Waals surface area (Å²) in [6, 6.07) is 5.72. The molecule has 2 heterocycles. The molecule has 7 heteroatoms. The molecule has 0 unspecified atom stereocenters. The third kappa shape index (κ3) is 3.64. The quantitative estimate of drug-likeness (QED) is 0.754. The van der Waals surface area contributed by atoms with Crippen molar-refractivity contribution in [3.05, 3.63) is 35.7 Å². The fourth-order valence-electron chi connectivity index (χ4n) is 3.78. The van der Waals surface area contributed by atoms with Crippen LogP contribution in [0, 0.1) is 23.2 Å². The third-order valence-electron chi connectivity index (χ3n) is 5.14. The second kappa shape index (κ2) is 7.59. The maximum Gasteiger partial charge on any atom is 0.249 e. The first-order valence-corrected chi connectivity index (χ1v) is 9.23. The number of piperidine rings is 1. The lowest BCUT2D eigenvalue weighted by Gasteiger charge is -2.42. The molecule has 0 saturated carbocycles. The number of nitrogens with one attached hydrogen (secondary N) is 2.